The van der Waals surface area contributed by atoms with E-state index in [-0.39, 0.29) is 17.1 Å². The van der Waals surface area contributed by atoms with Crippen LogP contribution in [0.5, 0.6) is 0 Å². The summed E-state index contributed by atoms with van der Waals surface area (Å²) in [5.74, 6) is 0.174. The SMILES string of the molecule is Cn1c(Cc2ccccc2)nnc1SCC(=O)Nc1cc(C(F)(F)F)ccc1-n1cncn1. The lowest BCUT2D eigenvalue weighted by Crippen LogP contribution is -2.17. The Labute approximate surface area is 190 Å². The molecule has 170 valence electrons. The number of halogens is 3. The number of hydrogen-bond acceptors (Lipinski definition) is 6. The van der Waals surface area contributed by atoms with E-state index < -0.39 is 17.6 Å². The van der Waals surface area contributed by atoms with Crippen LogP contribution in [-0.2, 0) is 24.4 Å². The molecule has 0 unspecified atom stereocenters. The molecule has 4 aromatic rings. The summed E-state index contributed by atoms with van der Waals surface area (Å²) < 4.78 is 42.6. The lowest BCUT2D eigenvalue weighted by atomic mass is 10.1. The van der Waals surface area contributed by atoms with Crippen molar-refractivity contribution in [3.63, 3.8) is 0 Å². The van der Waals surface area contributed by atoms with Crippen LogP contribution in [0.1, 0.15) is 17.0 Å². The molecule has 0 saturated heterocycles. The largest absolute Gasteiger partial charge is 0.416 e. The Balaban J connectivity index is 1.46. The Kier molecular flexibility index (Phi) is 6.45. The number of amides is 1. The summed E-state index contributed by atoms with van der Waals surface area (Å²) in [6.07, 6.45) is -1.38. The van der Waals surface area contributed by atoms with Crippen LogP contribution in [0.15, 0.2) is 66.3 Å². The Morgan fingerprint density at radius 3 is 2.61 bits per heavy atom. The molecule has 33 heavy (non-hydrogen) atoms. The Morgan fingerprint density at radius 1 is 1.12 bits per heavy atom. The minimum absolute atomic E-state index is 0.0244. The van der Waals surface area contributed by atoms with E-state index in [1.54, 1.807) is 11.6 Å². The molecule has 12 heteroatoms. The number of alkyl halides is 3. The summed E-state index contributed by atoms with van der Waals surface area (Å²) in [6, 6.07) is 12.8. The van der Waals surface area contributed by atoms with Gasteiger partial charge in [0.15, 0.2) is 5.16 Å². The molecule has 0 saturated carbocycles. The topological polar surface area (TPSA) is 90.5 Å². The molecule has 0 aliphatic heterocycles. The van der Waals surface area contributed by atoms with Crippen LogP contribution in [-0.4, -0.2) is 41.2 Å². The summed E-state index contributed by atoms with van der Waals surface area (Å²) in [4.78, 5) is 16.4. The summed E-state index contributed by atoms with van der Waals surface area (Å²) in [5.41, 5.74) is 0.437. The van der Waals surface area contributed by atoms with Gasteiger partial charge in [-0.05, 0) is 23.8 Å². The lowest BCUT2D eigenvalue weighted by Gasteiger charge is -2.14. The van der Waals surface area contributed by atoms with Crippen molar-refractivity contribution in [3.05, 3.63) is 78.1 Å². The zero-order valence-corrected chi connectivity index (χ0v) is 18.1. The minimum Gasteiger partial charge on any atom is -0.323 e. The van der Waals surface area contributed by atoms with Gasteiger partial charge in [-0.1, -0.05) is 42.1 Å². The van der Waals surface area contributed by atoms with Crippen LogP contribution < -0.4 is 5.32 Å². The molecule has 2 aromatic carbocycles. The van der Waals surface area contributed by atoms with Crippen LogP contribution in [0.3, 0.4) is 0 Å². The molecule has 4 rings (SSSR count). The first kappa shape index (κ1) is 22.5. The molecular formula is C21H18F3N7OS. The number of carbonyl (C=O) groups is 1. The Bertz CT molecular complexity index is 1240. The van der Waals surface area contributed by atoms with Crippen molar-refractivity contribution >= 4 is 23.4 Å². The maximum absolute atomic E-state index is 13.2. The number of aromatic nitrogens is 6. The van der Waals surface area contributed by atoms with E-state index in [0.717, 1.165) is 35.3 Å². The molecule has 2 aromatic heterocycles. The van der Waals surface area contributed by atoms with E-state index in [0.29, 0.717) is 11.6 Å². The van der Waals surface area contributed by atoms with E-state index in [4.69, 9.17) is 0 Å². The monoisotopic (exact) mass is 473 g/mol. The summed E-state index contributed by atoms with van der Waals surface area (Å²) >= 11 is 1.14. The number of benzene rings is 2. The number of nitrogens with zero attached hydrogens (tertiary/aromatic N) is 6. The van der Waals surface area contributed by atoms with Crippen molar-refractivity contribution in [1.82, 2.24) is 29.5 Å². The van der Waals surface area contributed by atoms with Crippen molar-refractivity contribution in [2.24, 2.45) is 7.05 Å². The van der Waals surface area contributed by atoms with Crippen molar-refractivity contribution < 1.29 is 18.0 Å². The first-order valence-corrected chi connectivity index (χ1v) is 10.7. The van der Waals surface area contributed by atoms with Gasteiger partial charge in [-0.2, -0.15) is 18.3 Å². The highest BCUT2D eigenvalue weighted by atomic mass is 32.2. The first-order chi connectivity index (χ1) is 15.8. The fourth-order valence-corrected chi connectivity index (χ4v) is 3.79. The number of rotatable bonds is 7. The van der Waals surface area contributed by atoms with E-state index in [1.807, 2.05) is 30.3 Å². The van der Waals surface area contributed by atoms with Gasteiger partial charge >= 0.3 is 6.18 Å². The van der Waals surface area contributed by atoms with Crippen LogP contribution in [0.2, 0.25) is 0 Å². The zero-order chi connectivity index (χ0) is 23.4. The standard InChI is InChI=1S/C21H18F3N7OS/c1-30-18(9-14-5-3-2-4-6-14)28-29-20(30)33-11-19(32)27-16-10-15(21(22,23)24)7-8-17(16)31-13-25-12-26-31/h2-8,10,12-13H,9,11H2,1H3,(H,27,32). The smallest absolute Gasteiger partial charge is 0.323 e. The predicted octanol–water partition coefficient (Wildman–Crippen LogP) is 3.74. The van der Waals surface area contributed by atoms with Crippen molar-refractivity contribution in [3.8, 4) is 5.69 Å². The van der Waals surface area contributed by atoms with E-state index in [1.165, 1.54) is 23.4 Å². The molecule has 0 radical (unpaired) electrons. The molecule has 0 spiro atoms. The number of hydrogen-bond donors (Lipinski definition) is 1. The third-order valence-electron chi connectivity index (χ3n) is 4.73. The average molecular weight is 473 g/mol. The van der Waals surface area contributed by atoms with Gasteiger partial charge in [0.1, 0.15) is 18.5 Å². The molecule has 0 aliphatic carbocycles. The normalized spacial score (nSPS) is 11.5. The van der Waals surface area contributed by atoms with Gasteiger partial charge in [0.2, 0.25) is 5.91 Å². The van der Waals surface area contributed by atoms with Gasteiger partial charge < -0.3 is 9.88 Å². The maximum Gasteiger partial charge on any atom is 0.416 e. The molecule has 2 heterocycles. The first-order valence-electron chi connectivity index (χ1n) is 9.72. The summed E-state index contributed by atoms with van der Waals surface area (Å²) in [6.45, 7) is 0. The molecule has 8 nitrogen and oxygen atoms in total. The van der Waals surface area contributed by atoms with Gasteiger partial charge in [0.05, 0.1) is 22.7 Å². The molecule has 0 bridgehead atoms. The third kappa shape index (κ3) is 5.40. The van der Waals surface area contributed by atoms with E-state index in [2.05, 4.69) is 25.6 Å². The number of thioether (sulfide) groups is 1. The summed E-state index contributed by atoms with van der Waals surface area (Å²) in [7, 11) is 1.80. The predicted molar refractivity (Wildman–Crippen MR) is 116 cm³/mol. The minimum atomic E-state index is -4.55. The second-order valence-corrected chi connectivity index (χ2v) is 7.97. The van der Waals surface area contributed by atoms with Crippen molar-refractivity contribution in [1.29, 1.82) is 0 Å². The highest BCUT2D eigenvalue weighted by molar-refractivity contribution is 7.99. The molecule has 1 N–H and O–H groups in total. The van der Waals surface area contributed by atoms with Gasteiger partial charge in [-0.3, -0.25) is 4.79 Å². The fraction of sp³-hybridized carbons (Fsp3) is 0.190. The van der Waals surface area contributed by atoms with Gasteiger partial charge in [-0.15, -0.1) is 10.2 Å². The fourth-order valence-electron chi connectivity index (χ4n) is 3.06. The van der Waals surface area contributed by atoms with Crippen LogP contribution in [0.4, 0.5) is 18.9 Å². The second kappa shape index (κ2) is 9.45. The van der Waals surface area contributed by atoms with E-state index >= 15 is 0 Å². The molecule has 0 atom stereocenters. The average Bonchev–Trinajstić information content (AvgIpc) is 3.43. The Hall–Kier alpha value is -3.67. The number of carbonyl (C=O) groups excluding carboxylic acids is 1. The third-order valence-corrected chi connectivity index (χ3v) is 5.75. The molecule has 0 aliphatic rings. The van der Waals surface area contributed by atoms with Crippen LogP contribution in [0, 0.1) is 0 Å². The zero-order valence-electron chi connectivity index (χ0n) is 17.3. The second-order valence-electron chi connectivity index (χ2n) is 7.03. The number of nitrogens with one attached hydrogen (secondary N) is 1. The van der Waals surface area contributed by atoms with Gasteiger partial charge in [-0.25, -0.2) is 9.67 Å². The lowest BCUT2D eigenvalue weighted by molar-refractivity contribution is -0.137. The molecule has 1 amide bonds. The van der Waals surface area contributed by atoms with Crippen molar-refractivity contribution in [2.75, 3.05) is 11.1 Å². The maximum atomic E-state index is 13.2. The van der Waals surface area contributed by atoms with Gasteiger partial charge in [0.25, 0.3) is 0 Å². The highest BCUT2D eigenvalue weighted by Crippen LogP contribution is 2.33. The number of anilines is 1. The Morgan fingerprint density at radius 2 is 1.91 bits per heavy atom. The summed E-state index contributed by atoms with van der Waals surface area (Å²) in [5, 5.41) is 15.3. The quantitative estimate of drug-likeness (QED) is 0.412. The molecular weight excluding hydrogens is 455 g/mol. The van der Waals surface area contributed by atoms with Crippen molar-refractivity contribution in [2.45, 2.75) is 17.8 Å². The molecule has 0 fully saturated rings. The van der Waals surface area contributed by atoms with E-state index in [9.17, 15) is 18.0 Å². The highest BCUT2D eigenvalue weighted by Gasteiger charge is 2.31. The van der Waals surface area contributed by atoms with Crippen LogP contribution in [0.25, 0.3) is 5.69 Å². The van der Waals surface area contributed by atoms with Gasteiger partial charge in [0, 0.05) is 13.5 Å². The van der Waals surface area contributed by atoms with Crippen LogP contribution >= 0.6 is 11.8 Å².